The van der Waals surface area contributed by atoms with Crippen molar-refractivity contribution in [2.75, 3.05) is 26.4 Å². The van der Waals surface area contributed by atoms with E-state index in [0.29, 0.717) is 6.42 Å². The van der Waals surface area contributed by atoms with E-state index in [-0.39, 0.29) is 38.6 Å². The number of unbranched alkanes of at least 4 members (excludes halogenated alkanes) is 41. The lowest BCUT2D eigenvalue weighted by Gasteiger charge is -2.19. The van der Waals surface area contributed by atoms with Crippen molar-refractivity contribution in [2.24, 2.45) is 5.73 Å². The number of hydrogen-bond acceptors (Lipinski definition) is 8. The first-order valence-corrected chi connectivity index (χ1v) is 41.0. The fraction of sp³-hybridized carbons (Fsp3) is 0.738. The third-order valence-electron chi connectivity index (χ3n) is 17.1. The molecule has 0 heterocycles. The Kier molecular flexibility index (Phi) is 75.4. The van der Waals surface area contributed by atoms with Gasteiger partial charge in [0.05, 0.1) is 13.2 Å². The standard InChI is InChI=1S/C84H148NO8P/c1-3-5-7-9-11-13-15-17-19-21-23-25-27-29-31-33-35-37-39-40-41-43-44-46-48-50-52-54-56-58-60-62-64-66-68-70-72-74-76-83(86)90-80-82(81-92-94(88,89)91-79-78-85)93-84(87)77-75-73-71-69-67-65-63-61-59-57-55-53-51-49-47-45-42-38-36-34-32-30-28-26-24-22-20-18-16-14-12-10-8-6-4-2/h6,8,12,14,18,20,24,26,30,32,36,38,45,47,51,53,57,59,63,65,82H,3-5,7,9-11,13,15-17,19,21-23,25,27-29,31,33-35,37,39-44,46,48-50,52,54-56,58,60-62,64,66-81,85H2,1-2H3,(H,88,89)/b8-6-,14-12-,20-18-,26-24-,32-30-,38-36-,47-45-,53-51-,59-57-,65-63-. The molecule has 0 aromatic rings. The summed E-state index contributed by atoms with van der Waals surface area (Å²) >= 11 is 0. The van der Waals surface area contributed by atoms with Crippen LogP contribution in [0.25, 0.3) is 0 Å². The van der Waals surface area contributed by atoms with E-state index in [4.69, 9.17) is 24.3 Å². The Hall–Kier alpha value is -3.59. The minimum atomic E-state index is -4.41. The van der Waals surface area contributed by atoms with E-state index in [1.54, 1.807) is 0 Å². The maximum absolute atomic E-state index is 12.8. The molecular formula is C84H148NO8P. The number of esters is 2. The van der Waals surface area contributed by atoms with Crippen molar-refractivity contribution in [3.63, 3.8) is 0 Å². The smallest absolute Gasteiger partial charge is 0.462 e. The van der Waals surface area contributed by atoms with Crippen LogP contribution in [0, 0.1) is 0 Å². The Labute approximate surface area is 581 Å². The fourth-order valence-corrected chi connectivity index (χ4v) is 12.1. The molecule has 0 aromatic carbocycles. The number of phosphoric acid groups is 1. The zero-order valence-corrected chi connectivity index (χ0v) is 62.1. The Morgan fingerprint density at radius 1 is 0.330 bits per heavy atom. The number of rotatable bonds is 74. The van der Waals surface area contributed by atoms with Gasteiger partial charge >= 0.3 is 19.8 Å². The van der Waals surface area contributed by atoms with Crippen LogP contribution in [0.4, 0.5) is 0 Å². The van der Waals surface area contributed by atoms with E-state index in [0.717, 1.165) is 109 Å². The van der Waals surface area contributed by atoms with Crippen LogP contribution >= 0.6 is 7.82 Å². The number of carbonyl (C=O) groups is 2. The van der Waals surface area contributed by atoms with Crippen molar-refractivity contribution in [3.05, 3.63) is 122 Å². The first kappa shape index (κ1) is 90.4. The number of phosphoric ester groups is 1. The molecule has 0 radical (unpaired) electrons. The zero-order chi connectivity index (χ0) is 67.9. The summed E-state index contributed by atoms with van der Waals surface area (Å²) in [5.41, 5.74) is 5.41. The monoisotopic (exact) mass is 1330 g/mol. The van der Waals surface area contributed by atoms with Gasteiger partial charge in [0, 0.05) is 19.4 Å². The zero-order valence-electron chi connectivity index (χ0n) is 61.2. The van der Waals surface area contributed by atoms with E-state index in [2.05, 4.69) is 135 Å². The molecule has 0 fully saturated rings. The second-order valence-electron chi connectivity index (χ2n) is 26.2. The van der Waals surface area contributed by atoms with Gasteiger partial charge in [-0.3, -0.25) is 18.6 Å². The third-order valence-corrected chi connectivity index (χ3v) is 18.1. The van der Waals surface area contributed by atoms with Crippen LogP contribution in [-0.4, -0.2) is 49.3 Å². The van der Waals surface area contributed by atoms with Gasteiger partial charge in [0.2, 0.25) is 0 Å². The van der Waals surface area contributed by atoms with E-state index in [1.807, 2.05) is 0 Å². The maximum atomic E-state index is 12.8. The van der Waals surface area contributed by atoms with Gasteiger partial charge in [-0.05, 0) is 89.9 Å². The molecule has 2 atom stereocenters. The van der Waals surface area contributed by atoms with E-state index in [1.165, 1.54) is 225 Å². The molecule has 10 heteroatoms. The van der Waals surface area contributed by atoms with Gasteiger partial charge < -0.3 is 20.1 Å². The fourth-order valence-electron chi connectivity index (χ4n) is 11.3. The molecule has 0 rings (SSSR count). The summed E-state index contributed by atoms with van der Waals surface area (Å²) in [7, 11) is -4.41. The molecule has 0 aromatic heterocycles. The Bertz CT molecular complexity index is 1960. The molecule has 0 saturated carbocycles. The number of hydrogen-bond donors (Lipinski definition) is 2. The van der Waals surface area contributed by atoms with Gasteiger partial charge in [0.25, 0.3) is 0 Å². The van der Waals surface area contributed by atoms with Crippen LogP contribution < -0.4 is 5.73 Å². The van der Waals surface area contributed by atoms with Crippen molar-refractivity contribution < 1.29 is 37.6 Å². The summed E-state index contributed by atoms with van der Waals surface area (Å²) in [6.07, 6.45) is 111. The SMILES string of the molecule is CC/C=C\C/C=C\C/C=C\C/C=C\C/C=C\C/C=C\C/C=C\C/C=C\C/C=C\C/C=C\CCCCCCC(=O)OC(COC(=O)CCCCCCCCCCCCCCCCCCCCCCCCCCCCCCCCCCCCCCCC)COP(=O)(O)OCCN. The van der Waals surface area contributed by atoms with Crippen LogP contribution in [0.2, 0.25) is 0 Å². The van der Waals surface area contributed by atoms with Gasteiger partial charge in [0.15, 0.2) is 6.10 Å². The molecule has 9 nitrogen and oxygen atoms in total. The molecule has 542 valence electrons. The molecule has 0 aliphatic rings. The van der Waals surface area contributed by atoms with Crippen molar-refractivity contribution in [2.45, 2.75) is 373 Å². The molecule has 0 spiro atoms. The highest BCUT2D eigenvalue weighted by molar-refractivity contribution is 7.47. The Morgan fingerprint density at radius 3 is 0.872 bits per heavy atom. The van der Waals surface area contributed by atoms with Crippen molar-refractivity contribution >= 4 is 19.8 Å². The molecule has 3 N–H and O–H groups in total. The largest absolute Gasteiger partial charge is 0.472 e. The van der Waals surface area contributed by atoms with Crippen molar-refractivity contribution in [3.8, 4) is 0 Å². The van der Waals surface area contributed by atoms with Crippen LogP contribution in [-0.2, 0) is 32.7 Å². The first-order valence-electron chi connectivity index (χ1n) is 39.5. The highest BCUT2D eigenvalue weighted by Crippen LogP contribution is 2.43. The van der Waals surface area contributed by atoms with Gasteiger partial charge in [-0.25, -0.2) is 4.57 Å². The Balaban J connectivity index is 3.88. The Morgan fingerprint density at radius 2 is 0.585 bits per heavy atom. The van der Waals surface area contributed by atoms with Crippen LogP contribution in [0.3, 0.4) is 0 Å². The minimum Gasteiger partial charge on any atom is -0.462 e. The van der Waals surface area contributed by atoms with Crippen molar-refractivity contribution in [1.29, 1.82) is 0 Å². The lowest BCUT2D eigenvalue weighted by molar-refractivity contribution is -0.161. The second-order valence-corrected chi connectivity index (χ2v) is 27.7. The molecule has 0 aliphatic heterocycles. The lowest BCUT2D eigenvalue weighted by Crippen LogP contribution is -2.29. The quantitative estimate of drug-likeness (QED) is 0.0264. The van der Waals surface area contributed by atoms with Crippen LogP contribution in [0.15, 0.2) is 122 Å². The molecule has 0 saturated heterocycles. The van der Waals surface area contributed by atoms with Gasteiger partial charge in [0.1, 0.15) is 6.61 Å². The second kappa shape index (κ2) is 78.4. The molecule has 0 aliphatic carbocycles. The summed E-state index contributed by atoms with van der Waals surface area (Å²) in [5.74, 6) is -0.850. The van der Waals surface area contributed by atoms with Crippen LogP contribution in [0.5, 0.6) is 0 Å². The summed E-state index contributed by atoms with van der Waals surface area (Å²) in [4.78, 5) is 35.4. The first-order chi connectivity index (χ1) is 46.3. The molecule has 2 unspecified atom stereocenters. The molecular weight excluding hydrogens is 1180 g/mol. The average molecular weight is 1330 g/mol. The molecule has 94 heavy (non-hydrogen) atoms. The third kappa shape index (κ3) is 77.4. The van der Waals surface area contributed by atoms with E-state index < -0.39 is 26.5 Å². The molecule has 0 amide bonds. The number of allylic oxidation sites excluding steroid dienone is 20. The summed E-state index contributed by atoms with van der Waals surface area (Å²) in [6, 6.07) is 0. The number of nitrogens with two attached hydrogens (primary N) is 1. The van der Waals surface area contributed by atoms with E-state index >= 15 is 0 Å². The van der Waals surface area contributed by atoms with Gasteiger partial charge in [-0.2, -0.15) is 0 Å². The van der Waals surface area contributed by atoms with Crippen LogP contribution in [0.1, 0.15) is 367 Å². The highest BCUT2D eigenvalue weighted by atomic mass is 31.2. The normalized spacial score (nSPS) is 13.5. The lowest BCUT2D eigenvalue weighted by atomic mass is 10.0. The van der Waals surface area contributed by atoms with Gasteiger partial charge in [-0.1, -0.05) is 386 Å². The van der Waals surface area contributed by atoms with E-state index in [9.17, 15) is 19.0 Å². The number of carbonyl (C=O) groups excluding carboxylic acids is 2. The summed E-state index contributed by atoms with van der Waals surface area (Å²) in [6.45, 7) is 3.64. The summed E-state index contributed by atoms with van der Waals surface area (Å²) in [5, 5.41) is 0. The molecule has 0 bridgehead atoms. The number of ether oxygens (including phenoxy) is 2. The van der Waals surface area contributed by atoms with Gasteiger partial charge in [-0.15, -0.1) is 0 Å². The predicted octanol–water partition coefficient (Wildman–Crippen LogP) is 26.6. The maximum Gasteiger partial charge on any atom is 0.472 e. The summed E-state index contributed by atoms with van der Waals surface area (Å²) < 4.78 is 33.2. The predicted molar refractivity (Wildman–Crippen MR) is 408 cm³/mol. The minimum absolute atomic E-state index is 0.0443. The average Bonchev–Trinajstić information content (AvgIpc) is 3.26. The highest BCUT2D eigenvalue weighted by Gasteiger charge is 2.26. The van der Waals surface area contributed by atoms with Crippen molar-refractivity contribution in [1.82, 2.24) is 0 Å². The topological polar surface area (TPSA) is 134 Å².